The topological polar surface area (TPSA) is 58.6 Å². The summed E-state index contributed by atoms with van der Waals surface area (Å²) in [6.45, 7) is 5.77. The number of aryl methyl sites for hydroxylation is 2. The number of nitrogens with zero attached hydrogens (tertiary/aromatic N) is 1. The van der Waals surface area contributed by atoms with Crippen molar-refractivity contribution in [2.75, 3.05) is 13.7 Å². The molecule has 2 aromatic rings. The lowest BCUT2D eigenvalue weighted by atomic mass is 10.1. The average molecular weight is 386 g/mol. The van der Waals surface area contributed by atoms with Crippen LogP contribution in [0.5, 0.6) is 5.75 Å². The second-order valence-corrected chi connectivity index (χ2v) is 6.80. The van der Waals surface area contributed by atoms with E-state index in [9.17, 15) is 14.0 Å². The molecule has 5 nitrogen and oxygen atoms in total. The molecule has 2 amide bonds. The lowest BCUT2D eigenvalue weighted by molar-refractivity contribution is -0.142. The zero-order valence-corrected chi connectivity index (χ0v) is 16.8. The van der Waals surface area contributed by atoms with Crippen LogP contribution in [0.15, 0.2) is 42.5 Å². The molecular weight excluding hydrogens is 359 g/mol. The monoisotopic (exact) mass is 386 g/mol. The number of nitrogens with one attached hydrogen (secondary N) is 1. The summed E-state index contributed by atoms with van der Waals surface area (Å²) in [6, 6.07) is 11.0. The van der Waals surface area contributed by atoms with Gasteiger partial charge in [0.25, 0.3) is 5.91 Å². The number of hydrogen-bond acceptors (Lipinski definition) is 3. The second kappa shape index (κ2) is 9.88. The van der Waals surface area contributed by atoms with Gasteiger partial charge < -0.3 is 15.0 Å². The molecule has 150 valence electrons. The van der Waals surface area contributed by atoms with E-state index in [2.05, 4.69) is 5.32 Å². The standard InChI is InChI=1S/C22H27FN2O3/c1-5-20(22(27)24-4)25(13-17-6-8-18(23)9-7-17)21(26)14-28-19-11-15(2)10-16(3)12-19/h6-12,20H,5,13-14H2,1-4H3,(H,24,27)/t20-/m1/s1. The number of benzene rings is 2. The summed E-state index contributed by atoms with van der Waals surface area (Å²) in [4.78, 5) is 26.7. The van der Waals surface area contributed by atoms with Gasteiger partial charge in [-0.25, -0.2) is 4.39 Å². The smallest absolute Gasteiger partial charge is 0.261 e. The maximum Gasteiger partial charge on any atom is 0.261 e. The number of hydrogen-bond donors (Lipinski definition) is 1. The molecule has 6 heteroatoms. The van der Waals surface area contributed by atoms with Gasteiger partial charge in [0, 0.05) is 13.6 Å². The van der Waals surface area contributed by atoms with Gasteiger partial charge in [-0.3, -0.25) is 9.59 Å². The molecule has 1 atom stereocenters. The molecule has 0 saturated carbocycles. The number of ether oxygens (including phenoxy) is 1. The first kappa shape index (κ1) is 21.4. The highest BCUT2D eigenvalue weighted by molar-refractivity contribution is 5.88. The maximum atomic E-state index is 13.2. The van der Waals surface area contributed by atoms with Crippen molar-refractivity contribution in [1.29, 1.82) is 0 Å². The van der Waals surface area contributed by atoms with Gasteiger partial charge in [-0.15, -0.1) is 0 Å². The fraction of sp³-hybridized carbons (Fsp3) is 0.364. The molecule has 2 aromatic carbocycles. The van der Waals surface area contributed by atoms with Gasteiger partial charge >= 0.3 is 0 Å². The van der Waals surface area contributed by atoms with Crippen molar-refractivity contribution in [3.8, 4) is 5.75 Å². The van der Waals surface area contributed by atoms with E-state index in [0.717, 1.165) is 16.7 Å². The Morgan fingerprint density at radius 3 is 2.25 bits per heavy atom. The van der Waals surface area contributed by atoms with Gasteiger partial charge in [-0.1, -0.05) is 25.1 Å². The quantitative estimate of drug-likeness (QED) is 0.757. The number of amides is 2. The summed E-state index contributed by atoms with van der Waals surface area (Å²) in [5.74, 6) is -0.290. The van der Waals surface area contributed by atoms with Gasteiger partial charge in [0.05, 0.1) is 0 Å². The van der Waals surface area contributed by atoms with Gasteiger partial charge in [-0.05, 0) is 61.2 Å². The van der Waals surface area contributed by atoms with E-state index in [1.807, 2.05) is 39.0 Å². The maximum absolute atomic E-state index is 13.2. The Morgan fingerprint density at radius 2 is 1.71 bits per heavy atom. The summed E-state index contributed by atoms with van der Waals surface area (Å²) >= 11 is 0. The molecule has 0 fully saturated rings. The minimum absolute atomic E-state index is 0.183. The van der Waals surface area contributed by atoms with E-state index in [-0.39, 0.29) is 30.8 Å². The Hall–Kier alpha value is -2.89. The molecule has 1 N–H and O–H groups in total. The van der Waals surface area contributed by atoms with Crippen LogP contribution in [0.3, 0.4) is 0 Å². The Bertz CT molecular complexity index is 801. The average Bonchev–Trinajstić information content (AvgIpc) is 2.66. The van der Waals surface area contributed by atoms with E-state index < -0.39 is 6.04 Å². The number of halogens is 1. The molecule has 0 saturated heterocycles. The molecule has 0 bridgehead atoms. The van der Waals surface area contributed by atoms with Crippen molar-refractivity contribution in [3.63, 3.8) is 0 Å². The van der Waals surface area contributed by atoms with Crippen LogP contribution in [0.4, 0.5) is 4.39 Å². The Balaban J connectivity index is 2.19. The van der Waals surface area contributed by atoms with Crippen molar-refractivity contribution >= 4 is 11.8 Å². The molecule has 0 aromatic heterocycles. The van der Waals surface area contributed by atoms with Crippen LogP contribution < -0.4 is 10.1 Å². The first-order valence-corrected chi connectivity index (χ1v) is 9.30. The predicted octanol–water partition coefficient (Wildman–Crippen LogP) is 3.37. The molecule has 0 unspecified atom stereocenters. The number of carbonyl (C=O) groups excluding carboxylic acids is 2. The van der Waals surface area contributed by atoms with Crippen molar-refractivity contribution < 1.29 is 18.7 Å². The van der Waals surface area contributed by atoms with Gasteiger partial charge in [-0.2, -0.15) is 0 Å². The highest BCUT2D eigenvalue weighted by atomic mass is 19.1. The first-order chi connectivity index (χ1) is 13.3. The number of likely N-dealkylation sites (N-methyl/N-ethyl adjacent to an activating group) is 1. The van der Waals surface area contributed by atoms with Gasteiger partial charge in [0.15, 0.2) is 6.61 Å². The summed E-state index contributed by atoms with van der Waals surface area (Å²) in [7, 11) is 1.54. The molecule has 0 radical (unpaired) electrons. The van der Waals surface area contributed by atoms with E-state index in [4.69, 9.17) is 4.74 Å². The van der Waals surface area contributed by atoms with Crippen molar-refractivity contribution in [2.24, 2.45) is 0 Å². The van der Waals surface area contributed by atoms with Crippen molar-refractivity contribution in [3.05, 3.63) is 65.0 Å². The van der Waals surface area contributed by atoms with Crippen LogP contribution in [0.1, 0.15) is 30.0 Å². The minimum Gasteiger partial charge on any atom is -0.484 e. The highest BCUT2D eigenvalue weighted by Crippen LogP contribution is 2.18. The fourth-order valence-electron chi connectivity index (χ4n) is 3.12. The SMILES string of the molecule is CC[C@H](C(=O)NC)N(Cc1ccc(F)cc1)C(=O)COc1cc(C)cc(C)c1. The third-order valence-corrected chi connectivity index (χ3v) is 4.46. The van der Waals surface area contributed by atoms with Crippen LogP contribution in [-0.4, -0.2) is 36.4 Å². The van der Waals surface area contributed by atoms with Crippen LogP contribution in [0.25, 0.3) is 0 Å². The van der Waals surface area contributed by atoms with E-state index >= 15 is 0 Å². The van der Waals surface area contributed by atoms with E-state index in [1.54, 1.807) is 12.1 Å². The van der Waals surface area contributed by atoms with Gasteiger partial charge in [0.2, 0.25) is 5.91 Å². The first-order valence-electron chi connectivity index (χ1n) is 9.30. The second-order valence-electron chi connectivity index (χ2n) is 6.80. The number of carbonyl (C=O) groups is 2. The molecule has 0 aliphatic heterocycles. The van der Waals surface area contributed by atoms with Crippen LogP contribution in [0, 0.1) is 19.7 Å². The zero-order valence-electron chi connectivity index (χ0n) is 16.8. The van der Waals surface area contributed by atoms with Crippen LogP contribution in [-0.2, 0) is 16.1 Å². The normalized spacial score (nSPS) is 11.6. The molecule has 0 aliphatic carbocycles. The lowest BCUT2D eigenvalue weighted by Crippen LogP contribution is -2.49. The molecular formula is C22H27FN2O3. The third-order valence-electron chi connectivity index (χ3n) is 4.46. The molecule has 0 spiro atoms. The summed E-state index contributed by atoms with van der Waals surface area (Å²) in [5, 5.41) is 2.60. The molecule has 2 rings (SSSR count). The van der Waals surface area contributed by atoms with E-state index in [0.29, 0.717) is 12.2 Å². The highest BCUT2D eigenvalue weighted by Gasteiger charge is 2.28. The van der Waals surface area contributed by atoms with Crippen molar-refractivity contribution in [2.45, 2.75) is 39.8 Å². The fourth-order valence-corrected chi connectivity index (χ4v) is 3.12. The largest absolute Gasteiger partial charge is 0.484 e. The Labute approximate surface area is 165 Å². The Morgan fingerprint density at radius 1 is 1.11 bits per heavy atom. The predicted molar refractivity (Wildman–Crippen MR) is 107 cm³/mol. The Kier molecular flexibility index (Phi) is 7.55. The van der Waals surface area contributed by atoms with E-state index in [1.165, 1.54) is 24.1 Å². The van der Waals surface area contributed by atoms with Gasteiger partial charge in [0.1, 0.15) is 17.6 Å². The lowest BCUT2D eigenvalue weighted by Gasteiger charge is -2.30. The van der Waals surface area contributed by atoms with Crippen LogP contribution in [0.2, 0.25) is 0 Å². The summed E-state index contributed by atoms with van der Waals surface area (Å²) in [5.41, 5.74) is 2.83. The number of rotatable bonds is 8. The zero-order chi connectivity index (χ0) is 20.7. The third kappa shape index (κ3) is 5.81. The molecule has 28 heavy (non-hydrogen) atoms. The van der Waals surface area contributed by atoms with Crippen LogP contribution >= 0.6 is 0 Å². The summed E-state index contributed by atoms with van der Waals surface area (Å²) < 4.78 is 18.9. The minimum atomic E-state index is -0.634. The van der Waals surface area contributed by atoms with Crippen molar-refractivity contribution in [1.82, 2.24) is 10.2 Å². The summed E-state index contributed by atoms with van der Waals surface area (Å²) in [6.07, 6.45) is 0.455. The molecule has 0 heterocycles. The molecule has 0 aliphatic rings.